The summed E-state index contributed by atoms with van der Waals surface area (Å²) in [5, 5.41) is 2.86. The molecule has 1 N–H and O–H groups in total. The van der Waals surface area contributed by atoms with Gasteiger partial charge in [-0.3, -0.25) is 4.79 Å². The van der Waals surface area contributed by atoms with Gasteiger partial charge in [-0.25, -0.2) is 22.7 Å². The van der Waals surface area contributed by atoms with Crippen LogP contribution in [0.15, 0.2) is 12.4 Å². The minimum absolute atomic E-state index is 0.147. The summed E-state index contributed by atoms with van der Waals surface area (Å²) in [5.74, 6) is 1.23. The van der Waals surface area contributed by atoms with Gasteiger partial charge in [-0.05, 0) is 31.6 Å². The average molecular weight is 338 g/mol. The third-order valence-electron chi connectivity index (χ3n) is 4.38. The summed E-state index contributed by atoms with van der Waals surface area (Å²) in [6.45, 7) is 1.51. The van der Waals surface area contributed by atoms with Crippen LogP contribution in [0.5, 0.6) is 0 Å². The predicted octanol–water partition coefficient (Wildman–Crippen LogP) is 0.755. The van der Waals surface area contributed by atoms with Gasteiger partial charge in [-0.15, -0.1) is 0 Å². The third-order valence-corrected chi connectivity index (χ3v) is 5.65. The van der Waals surface area contributed by atoms with Crippen LogP contribution in [0.25, 0.3) is 0 Å². The monoisotopic (exact) mass is 338 g/mol. The summed E-state index contributed by atoms with van der Waals surface area (Å²) >= 11 is 0. The highest BCUT2D eigenvalue weighted by atomic mass is 32.2. The van der Waals surface area contributed by atoms with E-state index >= 15 is 0 Å². The Labute approximate surface area is 136 Å². The lowest BCUT2D eigenvalue weighted by Crippen LogP contribution is -2.43. The maximum Gasteiger partial charge on any atom is 0.254 e. The second kappa shape index (κ2) is 6.52. The second-order valence-corrected chi connectivity index (χ2v) is 8.43. The SMILES string of the molecule is CS(=O)(=O)N1CCCC(CNC(=O)c2cnc(C3CC3)nc2)C1. The van der Waals surface area contributed by atoms with Gasteiger partial charge in [-0.1, -0.05) is 0 Å². The van der Waals surface area contributed by atoms with E-state index < -0.39 is 10.0 Å². The molecule has 3 rings (SSSR count). The first-order valence-electron chi connectivity index (χ1n) is 7.99. The Balaban J connectivity index is 1.52. The smallest absolute Gasteiger partial charge is 0.254 e. The molecular formula is C15H22N4O3S. The van der Waals surface area contributed by atoms with Gasteiger partial charge in [0.2, 0.25) is 10.0 Å². The van der Waals surface area contributed by atoms with Crippen LogP contribution in [0.3, 0.4) is 0 Å². The number of carbonyl (C=O) groups is 1. The van der Waals surface area contributed by atoms with Gasteiger partial charge >= 0.3 is 0 Å². The Morgan fingerprint density at radius 2 is 2.00 bits per heavy atom. The number of hydrogen-bond acceptors (Lipinski definition) is 5. The molecule has 1 atom stereocenters. The van der Waals surface area contributed by atoms with E-state index in [2.05, 4.69) is 15.3 Å². The van der Waals surface area contributed by atoms with E-state index in [-0.39, 0.29) is 11.8 Å². The fraction of sp³-hybridized carbons (Fsp3) is 0.667. The molecule has 1 aliphatic heterocycles. The summed E-state index contributed by atoms with van der Waals surface area (Å²) in [6, 6.07) is 0. The number of aromatic nitrogens is 2. The molecule has 7 nitrogen and oxygen atoms in total. The van der Waals surface area contributed by atoms with Crippen molar-refractivity contribution in [1.29, 1.82) is 0 Å². The van der Waals surface area contributed by atoms with Crippen molar-refractivity contribution in [3.8, 4) is 0 Å². The maximum absolute atomic E-state index is 12.1. The molecule has 1 aliphatic carbocycles. The zero-order valence-electron chi connectivity index (χ0n) is 13.2. The van der Waals surface area contributed by atoms with Gasteiger partial charge in [0.05, 0.1) is 11.8 Å². The van der Waals surface area contributed by atoms with Gasteiger partial charge in [0.25, 0.3) is 5.91 Å². The van der Waals surface area contributed by atoms with Crippen molar-refractivity contribution in [3.05, 3.63) is 23.8 Å². The first kappa shape index (κ1) is 16.3. The molecule has 1 aromatic heterocycles. The zero-order chi connectivity index (χ0) is 16.4. The molecule has 0 bridgehead atoms. The highest BCUT2D eigenvalue weighted by Gasteiger charge is 2.27. The number of nitrogens with one attached hydrogen (secondary N) is 1. The molecule has 1 amide bonds. The van der Waals surface area contributed by atoms with E-state index in [9.17, 15) is 13.2 Å². The highest BCUT2D eigenvalue weighted by Crippen LogP contribution is 2.37. The van der Waals surface area contributed by atoms with Crippen molar-refractivity contribution in [2.45, 2.75) is 31.6 Å². The van der Waals surface area contributed by atoms with Crippen LogP contribution in [0.4, 0.5) is 0 Å². The lowest BCUT2D eigenvalue weighted by molar-refractivity contribution is 0.0940. The Hall–Kier alpha value is -1.54. The quantitative estimate of drug-likeness (QED) is 0.855. The summed E-state index contributed by atoms with van der Waals surface area (Å²) < 4.78 is 24.7. The van der Waals surface area contributed by atoms with Crippen molar-refractivity contribution in [1.82, 2.24) is 19.6 Å². The molecule has 126 valence electrons. The van der Waals surface area contributed by atoms with E-state index in [1.54, 1.807) is 12.4 Å². The summed E-state index contributed by atoms with van der Waals surface area (Å²) in [4.78, 5) is 20.6. The van der Waals surface area contributed by atoms with Crippen LogP contribution in [0, 0.1) is 5.92 Å². The number of carbonyl (C=O) groups excluding carboxylic acids is 1. The highest BCUT2D eigenvalue weighted by molar-refractivity contribution is 7.88. The molecule has 1 saturated carbocycles. The standard InChI is InChI=1S/C15H22N4O3S/c1-23(21,22)19-6-2-3-11(10-19)7-18-15(20)13-8-16-14(17-9-13)12-4-5-12/h8-9,11-12H,2-7,10H2,1H3,(H,18,20). The predicted molar refractivity (Wildman–Crippen MR) is 85.5 cm³/mol. The van der Waals surface area contributed by atoms with Crippen LogP contribution in [-0.2, 0) is 10.0 Å². The number of amides is 1. The largest absolute Gasteiger partial charge is 0.352 e. The van der Waals surface area contributed by atoms with Crippen molar-refractivity contribution < 1.29 is 13.2 Å². The van der Waals surface area contributed by atoms with Crippen LogP contribution in [0.1, 0.15) is 47.8 Å². The van der Waals surface area contributed by atoms with Gasteiger partial charge < -0.3 is 5.32 Å². The normalized spacial score (nSPS) is 22.7. The minimum Gasteiger partial charge on any atom is -0.352 e. The molecular weight excluding hydrogens is 316 g/mol. The first-order valence-corrected chi connectivity index (χ1v) is 9.83. The molecule has 8 heteroatoms. The number of sulfonamides is 1. The Morgan fingerprint density at radius 1 is 1.30 bits per heavy atom. The second-order valence-electron chi connectivity index (χ2n) is 6.44. The van der Waals surface area contributed by atoms with Gasteiger partial charge in [0, 0.05) is 37.9 Å². The number of piperidine rings is 1. The molecule has 1 saturated heterocycles. The third kappa shape index (κ3) is 4.26. The minimum atomic E-state index is -3.16. The molecule has 2 heterocycles. The molecule has 23 heavy (non-hydrogen) atoms. The van der Waals surface area contributed by atoms with Crippen LogP contribution in [-0.4, -0.2) is 54.5 Å². The fourth-order valence-corrected chi connectivity index (χ4v) is 3.78. The van der Waals surface area contributed by atoms with E-state index in [1.807, 2.05) is 0 Å². The Bertz CT molecular complexity index is 670. The number of hydrogen-bond donors (Lipinski definition) is 1. The summed E-state index contributed by atoms with van der Waals surface area (Å²) in [5.41, 5.74) is 0.449. The van der Waals surface area contributed by atoms with Gasteiger partial charge in [0.1, 0.15) is 5.82 Å². The van der Waals surface area contributed by atoms with Crippen LogP contribution < -0.4 is 5.32 Å². The molecule has 1 unspecified atom stereocenters. The molecule has 1 aromatic rings. The lowest BCUT2D eigenvalue weighted by Gasteiger charge is -2.30. The van der Waals surface area contributed by atoms with Gasteiger partial charge in [0.15, 0.2) is 0 Å². The molecule has 0 aromatic carbocycles. The molecule has 2 aliphatic rings. The number of rotatable bonds is 5. The first-order chi connectivity index (χ1) is 10.9. The van der Waals surface area contributed by atoms with Crippen LogP contribution in [0.2, 0.25) is 0 Å². The lowest BCUT2D eigenvalue weighted by atomic mass is 9.99. The van der Waals surface area contributed by atoms with E-state index in [0.717, 1.165) is 31.5 Å². The fourth-order valence-electron chi connectivity index (χ4n) is 2.84. The van der Waals surface area contributed by atoms with E-state index in [4.69, 9.17) is 0 Å². The summed E-state index contributed by atoms with van der Waals surface area (Å²) in [6.07, 6.45) is 8.37. The number of nitrogens with zero attached hydrogens (tertiary/aromatic N) is 3. The molecule has 2 fully saturated rings. The average Bonchev–Trinajstić information content (AvgIpc) is 3.37. The van der Waals surface area contributed by atoms with Gasteiger partial charge in [-0.2, -0.15) is 0 Å². The molecule has 0 radical (unpaired) electrons. The van der Waals surface area contributed by atoms with E-state index in [1.165, 1.54) is 10.6 Å². The molecule has 0 spiro atoms. The van der Waals surface area contributed by atoms with Crippen molar-refractivity contribution in [3.63, 3.8) is 0 Å². The topological polar surface area (TPSA) is 92.3 Å². The van der Waals surface area contributed by atoms with Crippen molar-refractivity contribution in [2.75, 3.05) is 25.9 Å². The Kier molecular flexibility index (Phi) is 4.63. The van der Waals surface area contributed by atoms with Crippen molar-refractivity contribution in [2.24, 2.45) is 5.92 Å². The summed E-state index contributed by atoms with van der Waals surface area (Å²) in [7, 11) is -3.16. The zero-order valence-corrected chi connectivity index (χ0v) is 14.1. The maximum atomic E-state index is 12.1. The Morgan fingerprint density at radius 3 is 2.61 bits per heavy atom. The van der Waals surface area contributed by atoms with Crippen molar-refractivity contribution >= 4 is 15.9 Å². The van der Waals surface area contributed by atoms with E-state index in [0.29, 0.717) is 31.1 Å². The van der Waals surface area contributed by atoms with Crippen LogP contribution >= 0.6 is 0 Å².